The van der Waals surface area contributed by atoms with Gasteiger partial charge in [-0.05, 0) is 24.1 Å². The molecule has 1 atom stereocenters. The lowest BCUT2D eigenvalue weighted by Gasteiger charge is -2.22. The van der Waals surface area contributed by atoms with E-state index in [9.17, 15) is 35.2 Å². The number of ether oxygens (including phenoxy) is 1. The van der Waals surface area contributed by atoms with Gasteiger partial charge in [-0.2, -0.15) is 30.4 Å². The molecule has 1 heterocycles. The van der Waals surface area contributed by atoms with Gasteiger partial charge in [-0.15, -0.1) is 0 Å². The van der Waals surface area contributed by atoms with Gasteiger partial charge < -0.3 is 10.1 Å². The molecule has 0 fully saturated rings. The summed E-state index contributed by atoms with van der Waals surface area (Å²) in [5.74, 6) is -4.40. The van der Waals surface area contributed by atoms with E-state index in [0.717, 1.165) is 18.3 Å². The van der Waals surface area contributed by atoms with E-state index in [1.165, 1.54) is 0 Å². The van der Waals surface area contributed by atoms with Crippen molar-refractivity contribution in [2.75, 3.05) is 19.9 Å². The summed E-state index contributed by atoms with van der Waals surface area (Å²) in [6, 6.07) is 1.94. The lowest BCUT2D eigenvalue weighted by atomic mass is 9.86. The molecule has 7 nitrogen and oxygen atoms in total. The summed E-state index contributed by atoms with van der Waals surface area (Å²) in [6.45, 7) is 6.72. The fourth-order valence-electron chi connectivity index (χ4n) is 3.15. The van der Waals surface area contributed by atoms with Gasteiger partial charge in [0.2, 0.25) is 5.91 Å². The van der Waals surface area contributed by atoms with Gasteiger partial charge in [0.1, 0.15) is 13.3 Å². The lowest BCUT2D eigenvalue weighted by molar-refractivity contribution is -0.131. The van der Waals surface area contributed by atoms with Crippen molar-refractivity contribution in [3.63, 3.8) is 0 Å². The van der Waals surface area contributed by atoms with Crippen LogP contribution in [-0.2, 0) is 42.6 Å². The lowest BCUT2D eigenvalue weighted by Crippen LogP contribution is -2.40. The number of nitrogens with zero attached hydrogens (tertiary/aromatic N) is 1. The molecule has 1 aliphatic rings. The van der Waals surface area contributed by atoms with Gasteiger partial charge in [0.25, 0.3) is 5.92 Å². The highest BCUT2D eigenvalue weighted by molar-refractivity contribution is 7.87. The summed E-state index contributed by atoms with van der Waals surface area (Å²) in [7, 11) is -7.43. The van der Waals surface area contributed by atoms with E-state index >= 15 is 0 Å². The minimum atomic E-state index is -6.16. The molecule has 0 aromatic carbocycles. The summed E-state index contributed by atoms with van der Waals surface area (Å²) < 4.78 is 96.4. The van der Waals surface area contributed by atoms with Gasteiger partial charge in [-0.1, -0.05) is 26.6 Å². The Hall–Kier alpha value is -1.64. The maximum absolute atomic E-state index is 14.3. The van der Waals surface area contributed by atoms with E-state index in [0.29, 0.717) is 17.9 Å². The predicted molar refractivity (Wildman–Crippen MR) is 112 cm³/mol. The molecule has 1 aliphatic carbocycles. The molecular weight excluding hydrogens is 491 g/mol. The Morgan fingerprint density at radius 1 is 1.21 bits per heavy atom. The Kier molecular flexibility index (Phi) is 7.98. The van der Waals surface area contributed by atoms with Crippen LogP contribution >= 0.6 is 0 Å². The second-order valence-corrected chi connectivity index (χ2v) is 16.7. The minimum absolute atomic E-state index is 0.0109. The summed E-state index contributed by atoms with van der Waals surface area (Å²) >= 11 is 0. The molecular formula is C19H27F5N2O5SSi. The first-order valence-electron chi connectivity index (χ1n) is 10.0. The smallest absolute Gasteiger partial charge is 0.362 e. The predicted octanol–water partition coefficient (Wildman–Crippen LogP) is 3.57. The normalized spacial score (nSPS) is 19.4. The van der Waals surface area contributed by atoms with Gasteiger partial charge in [-0.25, -0.2) is 0 Å². The number of alkyl halides is 5. The van der Waals surface area contributed by atoms with Crippen LogP contribution < -0.4 is 5.32 Å². The Morgan fingerprint density at radius 3 is 2.42 bits per heavy atom. The summed E-state index contributed by atoms with van der Waals surface area (Å²) in [5.41, 5.74) is -6.87. The quantitative estimate of drug-likeness (QED) is 0.127. The molecule has 0 saturated carbocycles. The molecule has 1 aromatic rings. The summed E-state index contributed by atoms with van der Waals surface area (Å²) in [6.07, 6.45) is 0.987. The molecule has 0 aliphatic heterocycles. The molecule has 0 saturated heterocycles. The Bertz CT molecular complexity index is 982. The number of carbonyl (C=O) groups is 1. The third-order valence-electron chi connectivity index (χ3n) is 5.18. The number of hydrogen-bond acceptors (Lipinski definition) is 6. The second-order valence-electron chi connectivity index (χ2n) is 9.48. The van der Waals surface area contributed by atoms with Crippen molar-refractivity contribution < 1.29 is 44.1 Å². The fraction of sp³-hybridized carbons (Fsp3) is 0.684. The van der Waals surface area contributed by atoms with Crippen molar-refractivity contribution in [1.29, 1.82) is 0 Å². The third-order valence-corrected chi connectivity index (χ3v) is 7.88. The van der Waals surface area contributed by atoms with Crippen molar-refractivity contribution >= 4 is 24.1 Å². The summed E-state index contributed by atoms with van der Waals surface area (Å²) in [5, 5.41) is 2.67. The molecule has 1 unspecified atom stereocenters. The zero-order chi connectivity index (χ0) is 25.3. The highest BCUT2D eigenvalue weighted by atomic mass is 32.2. The first-order chi connectivity index (χ1) is 14.9. The molecule has 2 rings (SSSR count). The van der Waals surface area contributed by atoms with Crippen LogP contribution in [0.4, 0.5) is 22.0 Å². The van der Waals surface area contributed by atoms with Crippen LogP contribution in [-0.4, -0.2) is 52.8 Å². The second kappa shape index (κ2) is 9.54. The molecule has 0 bridgehead atoms. The number of aromatic nitrogens is 1. The molecule has 1 aromatic heterocycles. The molecule has 1 amide bonds. The molecule has 0 spiro atoms. The van der Waals surface area contributed by atoms with Gasteiger partial charge in [-0.3, -0.25) is 14.0 Å². The number of rotatable bonds is 10. The van der Waals surface area contributed by atoms with Crippen LogP contribution in [0.5, 0.6) is 0 Å². The van der Waals surface area contributed by atoms with E-state index in [4.69, 9.17) is 4.74 Å². The highest BCUT2D eigenvalue weighted by Crippen LogP contribution is 2.39. The number of halogens is 5. The van der Waals surface area contributed by atoms with Gasteiger partial charge in [0.05, 0.1) is 5.41 Å². The van der Waals surface area contributed by atoms with Crippen LogP contribution in [0.3, 0.4) is 0 Å². The van der Waals surface area contributed by atoms with Crippen LogP contribution in [0, 0.1) is 5.41 Å². The van der Waals surface area contributed by atoms with E-state index in [1.54, 1.807) is 6.92 Å². The zero-order valence-corrected chi connectivity index (χ0v) is 20.5. The number of hydrogen-bond donors (Lipinski definition) is 1. The number of nitrogens with one attached hydrogen (secondary N) is 1. The number of pyridine rings is 1. The maximum Gasteiger partial charge on any atom is 0.523 e. The summed E-state index contributed by atoms with van der Waals surface area (Å²) in [4.78, 5) is 16.6. The number of amides is 1. The SMILES string of the molecule is CC1(C(=O)NCOCC[Si](C)(C)C)Cc2cc(C(F)(F)COS(=O)(=O)C(F)(F)F)cnc2C1. The van der Waals surface area contributed by atoms with E-state index in [2.05, 4.69) is 34.1 Å². The number of fused-ring (bicyclic) bond motifs is 1. The van der Waals surface area contributed by atoms with Crippen molar-refractivity contribution in [2.24, 2.45) is 5.41 Å². The average Bonchev–Trinajstić information content (AvgIpc) is 3.01. The maximum atomic E-state index is 14.3. The highest BCUT2D eigenvalue weighted by Gasteiger charge is 2.49. The zero-order valence-electron chi connectivity index (χ0n) is 18.7. The first kappa shape index (κ1) is 27.6. The Labute approximate surface area is 190 Å². The van der Waals surface area contributed by atoms with Gasteiger partial charge in [0, 0.05) is 38.6 Å². The van der Waals surface area contributed by atoms with Crippen LogP contribution in [0.25, 0.3) is 0 Å². The van der Waals surface area contributed by atoms with Crippen molar-refractivity contribution in [3.05, 3.63) is 29.1 Å². The van der Waals surface area contributed by atoms with E-state index < -0.39 is 47.2 Å². The topological polar surface area (TPSA) is 94.6 Å². The largest absolute Gasteiger partial charge is 0.523 e. The molecule has 14 heteroatoms. The standard InChI is InChI=1S/C19H27F5N2O5SSi/c1-17(16(27)26-12-30-5-6-33(2,3)4)8-13-7-14(10-25-15(13)9-17)18(20,21)11-31-32(28,29)19(22,23)24/h7,10H,5-6,8-9,11-12H2,1-4H3,(H,26,27). The van der Waals surface area contributed by atoms with E-state index in [1.807, 2.05) is 0 Å². The van der Waals surface area contributed by atoms with Crippen LogP contribution in [0.2, 0.25) is 25.7 Å². The average molecular weight is 519 g/mol. The Balaban J connectivity index is 2.01. The molecule has 1 N–H and O–H groups in total. The van der Waals surface area contributed by atoms with Crippen molar-refractivity contribution in [3.8, 4) is 0 Å². The first-order valence-corrected chi connectivity index (χ1v) is 15.2. The fourth-order valence-corrected chi connectivity index (χ4v) is 4.34. The van der Waals surface area contributed by atoms with Crippen LogP contribution in [0.1, 0.15) is 23.7 Å². The van der Waals surface area contributed by atoms with E-state index in [-0.39, 0.29) is 25.5 Å². The molecule has 0 radical (unpaired) electrons. The van der Waals surface area contributed by atoms with Crippen molar-refractivity contribution in [1.82, 2.24) is 10.3 Å². The third kappa shape index (κ3) is 7.17. The van der Waals surface area contributed by atoms with Crippen molar-refractivity contribution in [2.45, 2.75) is 56.9 Å². The monoisotopic (exact) mass is 518 g/mol. The van der Waals surface area contributed by atoms with Gasteiger partial charge in [0.15, 0.2) is 0 Å². The van der Waals surface area contributed by atoms with Crippen LogP contribution in [0.15, 0.2) is 12.3 Å². The molecule has 33 heavy (non-hydrogen) atoms. The Morgan fingerprint density at radius 2 is 1.85 bits per heavy atom. The molecule has 188 valence electrons. The minimum Gasteiger partial charge on any atom is -0.362 e. The van der Waals surface area contributed by atoms with Gasteiger partial charge >= 0.3 is 15.6 Å². The number of carbonyl (C=O) groups excluding carboxylic acids is 1.